The van der Waals surface area contributed by atoms with Crippen LogP contribution in [0.5, 0.6) is 0 Å². The molecule has 36 heavy (non-hydrogen) atoms. The first-order chi connectivity index (χ1) is 17.6. The number of aromatic nitrogens is 1. The SMILES string of the molecule is O=C(Nc1cc(Cl)ccc1-c1ccc2ccc(-c3ccc4ccccc4c3)nc2c1)c1ccccc1. The highest BCUT2D eigenvalue weighted by atomic mass is 35.5. The molecule has 1 aromatic heterocycles. The minimum absolute atomic E-state index is 0.184. The summed E-state index contributed by atoms with van der Waals surface area (Å²) < 4.78 is 0. The summed E-state index contributed by atoms with van der Waals surface area (Å²) in [6.07, 6.45) is 0. The lowest BCUT2D eigenvalue weighted by Gasteiger charge is -2.13. The third-order valence-corrected chi connectivity index (χ3v) is 6.55. The van der Waals surface area contributed by atoms with E-state index in [1.807, 2.05) is 48.5 Å². The highest BCUT2D eigenvalue weighted by Gasteiger charge is 2.12. The van der Waals surface area contributed by atoms with E-state index in [1.54, 1.807) is 18.2 Å². The zero-order valence-electron chi connectivity index (χ0n) is 19.3. The summed E-state index contributed by atoms with van der Waals surface area (Å²) >= 11 is 6.30. The van der Waals surface area contributed by atoms with Gasteiger partial charge in [-0.3, -0.25) is 4.79 Å². The van der Waals surface area contributed by atoms with Gasteiger partial charge >= 0.3 is 0 Å². The summed E-state index contributed by atoms with van der Waals surface area (Å²) in [6.45, 7) is 0. The maximum absolute atomic E-state index is 12.8. The molecule has 0 spiro atoms. The van der Waals surface area contributed by atoms with Gasteiger partial charge in [0.25, 0.3) is 5.91 Å². The van der Waals surface area contributed by atoms with Crippen molar-refractivity contribution in [2.24, 2.45) is 0 Å². The van der Waals surface area contributed by atoms with Crippen LogP contribution in [0.3, 0.4) is 0 Å². The molecule has 0 saturated heterocycles. The van der Waals surface area contributed by atoms with Gasteiger partial charge in [-0.05, 0) is 58.8 Å². The van der Waals surface area contributed by atoms with Gasteiger partial charge in [0, 0.05) is 27.1 Å². The highest BCUT2D eigenvalue weighted by molar-refractivity contribution is 6.31. The molecular formula is C32H21ClN2O. The van der Waals surface area contributed by atoms with Crippen LogP contribution in [0.25, 0.3) is 44.1 Å². The quantitative estimate of drug-likeness (QED) is 0.272. The van der Waals surface area contributed by atoms with Crippen LogP contribution < -0.4 is 5.32 Å². The van der Waals surface area contributed by atoms with Crippen LogP contribution in [0.15, 0.2) is 121 Å². The molecule has 4 heteroatoms. The summed E-state index contributed by atoms with van der Waals surface area (Å²) in [6, 6.07) is 39.7. The van der Waals surface area contributed by atoms with Crippen molar-refractivity contribution in [2.75, 3.05) is 5.32 Å². The van der Waals surface area contributed by atoms with Gasteiger partial charge in [0.1, 0.15) is 0 Å². The fourth-order valence-corrected chi connectivity index (χ4v) is 4.62. The molecule has 6 rings (SSSR count). The summed E-state index contributed by atoms with van der Waals surface area (Å²) in [4.78, 5) is 17.8. The van der Waals surface area contributed by atoms with Gasteiger partial charge in [0.05, 0.1) is 16.9 Å². The highest BCUT2D eigenvalue weighted by Crippen LogP contribution is 2.33. The van der Waals surface area contributed by atoms with Crippen LogP contribution in [0, 0.1) is 0 Å². The van der Waals surface area contributed by atoms with Crippen molar-refractivity contribution in [3.05, 3.63) is 132 Å². The van der Waals surface area contributed by atoms with Crippen molar-refractivity contribution >= 4 is 44.9 Å². The molecule has 0 aliphatic rings. The molecule has 5 aromatic carbocycles. The topological polar surface area (TPSA) is 42.0 Å². The van der Waals surface area contributed by atoms with Crippen LogP contribution in [0.2, 0.25) is 5.02 Å². The molecule has 3 nitrogen and oxygen atoms in total. The van der Waals surface area contributed by atoms with Crippen LogP contribution in [-0.2, 0) is 0 Å². The molecule has 0 aliphatic carbocycles. The van der Waals surface area contributed by atoms with Gasteiger partial charge in [0.2, 0.25) is 0 Å². The molecule has 0 unspecified atom stereocenters. The Hall–Kier alpha value is -4.47. The van der Waals surface area contributed by atoms with Gasteiger partial charge < -0.3 is 5.32 Å². The van der Waals surface area contributed by atoms with Gasteiger partial charge in [-0.15, -0.1) is 0 Å². The number of pyridine rings is 1. The van der Waals surface area contributed by atoms with Gasteiger partial charge in [-0.1, -0.05) is 90.5 Å². The van der Waals surface area contributed by atoms with Crippen LogP contribution in [-0.4, -0.2) is 10.9 Å². The molecule has 0 aliphatic heterocycles. The maximum Gasteiger partial charge on any atom is 0.255 e. The number of amides is 1. The monoisotopic (exact) mass is 484 g/mol. The fraction of sp³-hybridized carbons (Fsp3) is 0. The molecule has 0 radical (unpaired) electrons. The van der Waals surface area contributed by atoms with Crippen molar-refractivity contribution in [1.29, 1.82) is 0 Å². The molecule has 1 amide bonds. The number of halogens is 1. The zero-order chi connectivity index (χ0) is 24.5. The Bertz CT molecular complexity index is 1740. The molecule has 0 atom stereocenters. The Morgan fingerprint density at radius 3 is 2.22 bits per heavy atom. The van der Waals surface area contributed by atoms with Gasteiger partial charge in [0.15, 0.2) is 0 Å². The van der Waals surface area contributed by atoms with E-state index in [2.05, 4.69) is 59.9 Å². The normalized spacial score (nSPS) is 11.0. The number of carbonyl (C=O) groups is 1. The van der Waals surface area contributed by atoms with E-state index in [1.165, 1.54) is 10.8 Å². The van der Waals surface area contributed by atoms with E-state index in [4.69, 9.17) is 16.6 Å². The maximum atomic E-state index is 12.8. The standard InChI is InChI=1S/C32H21ClN2O/c33-27-15-16-28(31(20-27)35-32(36)23-7-2-1-3-8-23)25-12-11-22-14-17-29(34-30(22)19-25)26-13-10-21-6-4-5-9-24(21)18-26/h1-20H,(H,35,36). The average Bonchev–Trinajstić information content (AvgIpc) is 2.93. The number of benzene rings is 5. The second-order valence-electron chi connectivity index (χ2n) is 8.68. The number of hydrogen-bond donors (Lipinski definition) is 1. The van der Waals surface area contributed by atoms with Crippen molar-refractivity contribution in [3.8, 4) is 22.4 Å². The first-order valence-electron chi connectivity index (χ1n) is 11.7. The second kappa shape index (κ2) is 9.29. The Balaban J connectivity index is 1.39. The van der Waals surface area contributed by atoms with E-state index in [9.17, 15) is 4.79 Å². The van der Waals surface area contributed by atoms with Crippen molar-refractivity contribution in [3.63, 3.8) is 0 Å². The van der Waals surface area contributed by atoms with Crippen molar-refractivity contribution in [2.45, 2.75) is 0 Å². The third kappa shape index (κ3) is 4.33. The average molecular weight is 485 g/mol. The minimum Gasteiger partial charge on any atom is -0.321 e. The predicted molar refractivity (Wildman–Crippen MR) is 150 cm³/mol. The largest absolute Gasteiger partial charge is 0.321 e. The Morgan fingerprint density at radius 1 is 0.639 bits per heavy atom. The van der Waals surface area contributed by atoms with Gasteiger partial charge in [-0.2, -0.15) is 0 Å². The minimum atomic E-state index is -0.184. The Morgan fingerprint density at radius 2 is 1.36 bits per heavy atom. The van der Waals surface area contributed by atoms with E-state index < -0.39 is 0 Å². The first-order valence-corrected chi connectivity index (χ1v) is 12.1. The number of nitrogens with zero attached hydrogens (tertiary/aromatic N) is 1. The van der Waals surface area contributed by atoms with Crippen LogP contribution in [0.1, 0.15) is 10.4 Å². The lowest BCUT2D eigenvalue weighted by atomic mass is 10.0. The van der Waals surface area contributed by atoms with E-state index >= 15 is 0 Å². The smallest absolute Gasteiger partial charge is 0.255 e. The number of rotatable bonds is 4. The molecule has 0 fully saturated rings. The van der Waals surface area contributed by atoms with Gasteiger partial charge in [-0.25, -0.2) is 4.98 Å². The number of carbonyl (C=O) groups excluding carboxylic acids is 1. The molecule has 0 saturated carbocycles. The Kier molecular flexibility index (Phi) is 5.68. The number of fused-ring (bicyclic) bond motifs is 2. The predicted octanol–water partition coefficient (Wildman–Crippen LogP) is 8.63. The zero-order valence-corrected chi connectivity index (χ0v) is 20.0. The summed E-state index contributed by atoms with van der Waals surface area (Å²) in [5, 5.41) is 7.02. The van der Waals surface area contributed by atoms with E-state index in [-0.39, 0.29) is 5.91 Å². The summed E-state index contributed by atoms with van der Waals surface area (Å²) in [5.41, 5.74) is 5.94. The number of hydrogen-bond acceptors (Lipinski definition) is 2. The fourth-order valence-electron chi connectivity index (χ4n) is 4.45. The molecule has 1 heterocycles. The second-order valence-corrected chi connectivity index (χ2v) is 9.11. The molecular weight excluding hydrogens is 464 g/mol. The van der Waals surface area contributed by atoms with Crippen molar-refractivity contribution in [1.82, 2.24) is 4.98 Å². The van der Waals surface area contributed by atoms with Crippen molar-refractivity contribution < 1.29 is 4.79 Å². The van der Waals surface area contributed by atoms with Crippen LogP contribution >= 0.6 is 11.6 Å². The summed E-state index contributed by atoms with van der Waals surface area (Å²) in [5.74, 6) is -0.184. The number of anilines is 1. The molecule has 0 bridgehead atoms. The van der Waals surface area contributed by atoms with E-state index in [0.717, 1.165) is 33.3 Å². The molecule has 6 aromatic rings. The molecule has 172 valence electrons. The first kappa shape index (κ1) is 22.0. The summed E-state index contributed by atoms with van der Waals surface area (Å²) in [7, 11) is 0. The number of nitrogens with one attached hydrogen (secondary N) is 1. The lowest BCUT2D eigenvalue weighted by molar-refractivity contribution is 0.102. The Labute approximate surface area is 214 Å². The molecule has 1 N–H and O–H groups in total. The third-order valence-electron chi connectivity index (χ3n) is 6.31. The van der Waals surface area contributed by atoms with Crippen LogP contribution in [0.4, 0.5) is 5.69 Å². The lowest BCUT2D eigenvalue weighted by Crippen LogP contribution is -2.12. The van der Waals surface area contributed by atoms with E-state index in [0.29, 0.717) is 16.3 Å².